The van der Waals surface area contributed by atoms with E-state index >= 15 is 0 Å². The van der Waals surface area contributed by atoms with Crippen molar-refractivity contribution in [3.8, 4) is 0 Å². The summed E-state index contributed by atoms with van der Waals surface area (Å²) in [7, 11) is -1.97. The van der Waals surface area contributed by atoms with Crippen LogP contribution in [0.1, 0.15) is 6.42 Å². The Morgan fingerprint density at radius 3 is 1.83 bits per heavy atom. The molecule has 36 valence electrons. The van der Waals surface area contributed by atoms with E-state index in [9.17, 15) is 4.57 Å². The van der Waals surface area contributed by atoms with Crippen LogP contribution in [0.3, 0.4) is 0 Å². The fourth-order valence-electron chi connectivity index (χ4n) is 0.470. The van der Waals surface area contributed by atoms with E-state index in [1.54, 1.807) is 0 Å². The molecule has 0 aromatic rings. The van der Waals surface area contributed by atoms with Crippen LogP contribution in [-0.2, 0) is 4.57 Å². The highest BCUT2D eigenvalue weighted by atomic mass is 31.2. The van der Waals surface area contributed by atoms with E-state index < -0.39 is 7.29 Å². The molecule has 1 heterocycles. The van der Waals surface area contributed by atoms with Crippen LogP contribution in [0.2, 0.25) is 0 Å². The molecule has 0 aliphatic carbocycles. The summed E-state index contributed by atoms with van der Waals surface area (Å²) >= 11 is 0. The van der Waals surface area contributed by atoms with Gasteiger partial charge in [-0.25, -0.2) is 0 Å². The largest absolute Gasteiger partial charge is 0.307 e. The van der Waals surface area contributed by atoms with Gasteiger partial charge in [0.25, 0.3) is 0 Å². The minimum Gasteiger partial charge on any atom is -0.307 e. The smallest absolute Gasteiger partial charge is 0.145 e. The first-order valence-electron chi connectivity index (χ1n) is 2.07. The molecule has 1 saturated heterocycles. The summed E-state index contributed by atoms with van der Waals surface area (Å²) in [6.45, 7) is 0. The zero-order valence-electron chi connectivity index (χ0n) is 3.55. The molecule has 0 unspecified atom stereocenters. The van der Waals surface area contributed by atoms with Gasteiger partial charge in [0.1, 0.15) is 7.29 Å². The Labute approximate surface area is 37.1 Å². The highest BCUT2D eigenvalue weighted by molar-refractivity contribution is 7.63. The van der Waals surface area contributed by atoms with Gasteiger partial charge in [-0.3, -0.25) is 5.50 Å². The first-order valence-corrected chi connectivity index (χ1v) is 4.22. The Morgan fingerprint density at radius 2 is 1.83 bits per heavy atom. The van der Waals surface area contributed by atoms with Crippen LogP contribution in [0, 0.1) is 0 Å². The zero-order valence-corrected chi connectivity index (χ0v) is 4.45. The highest BCUT2D eigenvalue weighted by Crippen LogP contribution is 2.46. The Kier molecular flexibility index (Phi) is 0.782. The lowest BCUT2D eigenvalue weighted by atomic mass is 10.5. The van der Waals surface area contributed by atoms with Gasteiger partial charge in [-0.1, -0.05) is 0 Å². The third-order valence-corrected chi connectivity index (χ3v) is 3.22. The molecule has 0 radical (unpaired) electrons. The quantitative estimate of drug-likeness (QED) is 0.459. The molecule has 0 saturated carbocycles. The molecule has 2 N–H and O–H groups in total. The molecule has 0 amide bonds. The van der Waals surface area contributed by atoms with E-state index in [0.29, 0.717) is 0 Å². The Hall–Kier alpha value is 0.190. The van der Waals surface area contributed by atoms with Crippen molar-refractivity contribution < 1.29 is 4.57 Å². The molecule has 1 aliphatic heterocycles. The van der Waals surface area contributed by atoms with Crippen LogP contribution in [0.25, 0.3) is 0 Å². The monoisotopic (exact) mass is 105 g/mol. The molecule has 0 atom stereocenters. The predicted molar refractivity (Wildman–Crippen MR) is 26.1 cm³/mol. The van der Waals surface area contributed by atoms with E-state index in [1.165, 1.54) is 0 Å². The Bertz CT molecular complexity index is 93.0. The van der Waals surface area contributed by atoms with Crippen LogP contribution in [-0.4, -0.2) is 12.3 Å². The Balaban J connectivity index is 2.53. The van der Waals surface area contributed by atoms with E-state index in [-0.39, 0.29) is 0 Å². The average molecular weight is 105 g/mol. The Morgan fingerprint density at radius 1 is 1.50 bits per heavy atom. The third-order valence-electron chi connectivity index (χ3n) is 1.07. The predicted octanol–water partition coefficient (Wildman–Crippen LogP) is 0.627. The van der Waals surface area contributed by atoms with Crippen molar-refractivity contribution in [3.05, 3.63) is 0 Å². The lowest BCUT2D eigenvalue weighted by molar-refractivity contribution is 0.563. The summed E-state index contributed by atoms with van der Waals surface area (Å²) in [5.41, 5.74) is 5.18. The number of hydrogen-bond acceptors (Lipinski definition) is 1. The van der Waals surface area contributed by atoms with Gasteiger partial charge in [0.15, 0.2) is 0 Å². The minimum atomic E-state index is -1.97. The number of hydrogen-bond donors (Lipinski definition) is 1. The second-order valence-electron chi connectivity index (χ2n) is 1.75. The highest BCUT2D eigenvalue weighted by Gasteiger charge is 2.24. The third kappa shape index (κ3) is 0.636. The van der Waals surface area contributed by atoms with E-state index in [1.807, 2.05) is 0 Å². The van der Waals surface area contributed by atoms with Crippen molar-refractivity contribution >= 4 is 7.29 Å². The maximum Gasteiger partial charge on any atom is 0.145 e. The van der Waals surface area contributed by atoms with Gasteiger partial charge in [-0.15, -0.1) is 0 Å². The molecule has 1 aliphatic rings. The fraction of sp³-hybridized carbons (Fsp3) is 1.00. The second kappa shape index (κ2) is 1.08. The molecule has 1 rings (SSSR count). The SMILES string of the molecule is NP1(=O)CCC1. The van der Waals surface area contributed by atoms with Gasteiger partial charge in [-0.2, -0.15) is 0 Å². The van der Waals surface area contributed by atoms with Crippen molar-refractivity contribution in [1.29, 1.82) is 0 Å². The molecule has 6 heavy (non-hydrogen) atoms. The van der Waals surface area contributed by atoms with E-state index in [0.717, 1.165) is 18.7 Å². The molecular weight excluding hydrogens is 97.0 g/mol. The van der Waals surface area contributed by atoms with Gasteiger partial charge in [0, 0.05) is 12.3 Å². The molecule has 0 aromatic carbocycles. The first-order chi connectivity index (χ1) is 2.71. The lowest BCUT2D eigenvalue weighted by Gasteiger charge is -2.20. The van der Waals surface area contributed by atoms with Crippen molar-refractivity contribution in [3.63, 3.8) is 0 Å². The van der Waals surface area contributed by atoms with E-state index in [2.05, 4.69) is 0 Å². The summed E-state index contributed by atoms with van der Waals surface area (Å²) in [4.78, 5) is 0. The van der Waals surface area contributed by atoms with Gasteiger partial charge in [-0.05, 0) is 6.42 Å². The summed E-state index contributed by atoms with van der Waals surface area (Å²) in [5, 5.41) is 0. The molecule has 2 nitrogen and oxygen atoms in total. The summed E-state index contributed by atoms with van der Waals surface area (Å²) in [6, 6.07) is 0. The lowest BCUT2D eigenvalue weighted by Crippen LogP contribution is -2.14. The van der Waals surface area contributed by atoms with Crippen LogP contribution in [0.5, 0.6) is 0 Å². The molecule has 0 spiro atoms. The summed E-state index contributed by atoms with van der Waals surface area (Å²) < 4.78 is 10.4. The molecular formula is C3H8NOP. The summed E-state index contributed by atoms with van der Waals surface area (Å²) in [5.74, 6) is 0. The molecule has 0 bridgehead atoms. The number of rotatable bonds is 0. The maximum atomic E-state index is 10.4. The van der Waals surface area contributed by atoms with Crippen molar-refractivity contribution in [2.75, 3.05) is 12.3 Å². The van der Waals surface area contributed by atoms with Crippen LogP contribution >= 0.6 is 7.29 Å². The van der Waals surface area contributed by atoms with Crippen molar-refractivity contribution in [1.82, 2.24) is 0 Å². The number of nitrogens with two attached hydrogens (primary N) is 1. The first kappa shape index (κ1) is 4.35. The van der Waals surface area contributed by atoms with E-state index in [4.69, 9.17) is 5.50 Å². The average Bonchev–Trinajstić information content (AvgIpc) is 1.32. The molecule has 3 heteroatoms. The van der Waals surface area contributed by atoms with Gasteiger partial charge in [0.2, 0.25) is 0 Å². The van der Waals surface area contributed by atoms with Gasteiger partial charge in [0.05, 0.1) is 0 Å². The minimum absolute atomic E-state index is 0.785. The van der Waals surface area contributed by atoms with Crippen molar-refractivity contribution in [2.24, 2.45) is 5.50 Å². The van der Waals surface area contributed by atoms with Crippen LogP contribution in [0.15, 0.2) is 0 Å². The zero-order chi connectivity index (χ0) is 4.62. The standard InChI is InChI=1S/C3H8NOP/c4-6(5)2-1-3-6/h1-3H2,(H2,4,5). The second-order valence-corrected chi connectivity index (χ2v) is 4.55. The molecule has 0 aromatic heterocycles. The normalized spacial score (nSPS) is 28.8. The van der Waals surface area contributed by atoms with Crippen molar-refractivity contribution in [2.45, 2.75) is 6.42 Å². The summed E-state index contributed by atoms with van der Waals surface area (Å²) in [6.07, 6.45) is 2.65. The molecule has 1 fully saturated rings. The van der Waals surface area contributed by atoms with Crippen LogP contribution < -0.4 is 5.50 Å². The topological polar surface area (TPSA) is 43.1 Å². The maximum absolute atomic E-state index is 10.4. The van der Waals surface area contributed by atoms with Gasteiger partial charge < -0.3 is 4.57 Å². The van der Waals surface area contributed by atoms with Gasteiger partial charge >= 0.3 is 0 Å². The van der Waals surface area contributed by atoms with Crippen LogP contribution in [0.4, 0.5) is 0 Å². The fourth-order valence-corrected chi connectivity index (χ4v) is 1.41.